The van der Waals surface area contributed by atoms with Gasteiger partial charge in [-0.3, -0.25) is 0 Å². The van der Waals surface area contributed by atoms with Crippen LogP contribution in [0.5, 0.6) is 11.5 Å². The maximum Gasteiger partial charge on any atom is 0.167 e. The van der Waals surface area contributed by atoms with Crippen molar-refractivity contribution in [3.63, 3.8) is 0 Å². The molecule has 0 atom stereocenters. The van der Waals surface area contributed by atoms with Crippen LogP contribution >= 0.6 is 0 Å². The minimum absolute atomic E-state index is 0.0911. The molecule has 0 heterocycles. The predicted octanol–water partition coefficient (Wildman–Crippen LogP) is 3.62. The minimum atomic E-state index is -0.461. The maximum atomic E-state index is 13.6. The van der Waals surface area contributed by atoms with Gasteiger partial charge in [-0.1, -0.05) is 13.8 Å². The lowest BCUT2D eigenvalue weighted by Gasteiger charge is -2.15. The third kappa shape index (κ3) is 4.43. The van der Waals surface area contributed by atoms with E-state index >= 15 is 0 Å². The molecule has 0 amide bonds. The largest absolute Gasteiger partial charge is 0.491 e. The van der Waals surface area contributed by atoms with Gasteiger partial charge < -0.3 is 15.2 Å². The van der Waals surface area contributed by atoms with Crippen molar-refractivity contribution < 1.29 is 13.9 Å². The molecule has 0 spiro atoms. The van der Waals surface area contributed by atoms with Crippen molar-refractivity contribution in [3.05, 3.63) is 17.9 Å². The van der Waals surface area contributed by atoms with E-state index in [4.69, 9.17) is 15.2 Å². The van der Waals surface area contributed by atoms with Crippen molar-refractivity contribution in [1.82, 2.24) is 0 Å². The van der Waals surface area contributed by atoms with Crippen LogP contribution in [0, 0.1) is 11.7 Å². The molecule has 102 valence electrons. The summed E-state index contributed by atoms with van der Waals surface area (Å²) in [5.74, 6) is 0.752. The first-order valence-electron chi connectivity index (χ1n) is 6.28. The zero-order chi connectivity index (χ0) is 13.7. The smallest absolute Gasteiger partial charge is 0.167 e. The fraction of sp³-hybridized carbons (Fsp3) is 0.571. The first kappa shape index (κ1) is 14.6. The predicted molar refractivity (Wildman–Crippen MR) is 71.5 cm³/mol. The Balaban J connectivity index is 2.77. The molecule has 1 rings (SSSR count). The SMILES string of the molecule is CC(C)CCOc1cc(OC(C)C)c(F)cc1N. The van der Waals surface area contributed by atoms with E-state index < -0.39 is 5.82 Å². The lowest BCUT2D eigenvalue weighted by molar-refractivity contribution is 0.228. The Morgan fingerprint density at radius 1 is 1.17 bits per heavy atom. The highest BCUT2D eigenvalue weighted by atomic mass is 19.1. The van der Waals surface area contributed by atoms with E-state index in [1.807, 2.05) is 13.8 Å². The highest BCUT2D eigenvalue weighted by Crippen LogP contribution is 2.31. The topological polar surface area (TPSA) is 44.5 Å². The molecule has 0 unspecified atom stereocenters. The van der Waals surface area contributed by atoms with Crippen LogP contribution in [0.15, 0.2) is 12.1 Å². The molecule has 4 heteroatoms. The molecule has 18 heavy (non-hydrogen) atoms. The molecule has 0 aliphatic rings. The van der Waals surface area contributed by atoms with Crippen LogP contribution in [-0.4, -0.2) is 12.7 Å². The van der Waals surface area contributed by atoms with Crippen molar-refractivity contribution >= 4 is 5.69 Å². The third-order valence-corrected chi connectivity index (χ3v) is 2.38. The van der Waals surface area contributed by atoms with E-state index in [0.717, 1.165) is 6.42 Å². The fourth-order valence-corrected chi connectivity index (χ4v) is 1.42. The second-order valence-electron chi connectivity index (χ2n) is 5.02. The monoisotopic (exact) mass is 255 g/mol. The maximum absolute atomic E-state index is 13.6. The zero-order valence-electron chi connectivity index (χ0n) is 11.5. The first-order chi connectivity index (χ1) is 8.40. The van der Waals surface area contributed by atoms with Crippen LogP contribution in [0.25, 0.3) is 0 Å². The normalized spacial score (nSPS) is 11.1. The van der Waals surface area contributed by atoms with Crippen molar-refractivity contribution in [2.24, 2.45) is 5.92 Å². The second-order valence-corrected chi connectivity index (χ2v) is 5.02. The van der Waals surface area contributed by atoms with Gasteiger partial charge in [0.2, 0.25) is 0 Å². The molecule has 2 N–H and O–H groups in total. The summed E-state index contributed by atoms with van der Waals surface area (Å²) < 4.78 is 24.5. The van der Waals surface area contributed by atoms with Crippen LogP contribution in [-0.2, 0) is 0 Å². The van der Waals surface area contributed by atoms with E-state index in [1.165, 1.54) is 12.1 Å². The molecule has 0 aromatic heterocycles. The number of halogens is 1. The van der Waals surface area contributed by atoms with Crippen LogP contribution < -0.4 is 15.2 Å². The van der Waals surface area contributed by atoms with Crippen LogP contribution in [0.4, 0.5) is 10.1 Å². The Morgan fingerprint density at radius 2 is 1.83 bits per heavy atom. The average molecular weight is 255 g/mol. The second kappa shape index (κ2) is 6.47. The Kier molecular flexibility index (Phi) is 5.25. The zero-order valence-corrected chi connectivity index (χ0v) is 11.5. The number of hydrogen-bond donors (Lipinski definition) is 1. The van der Waals surface area contributed by atoms with Gasteiger partial charge in [-0.15, -0.1) is 0 Å². The van der Waals surface area contributed by atoms with Crippen LogP contribution in [0.3, 0.4) is 0 Å². The summed E-state index contributed by atoms with van der Waals surface area (Å²) in [5, 5.41) is 0. The fourth-order valence-electron chi connectivity index (χ4n) is 1.42. The molecule has 0 saturated carbocycles. The van der Waals surface area contributed by atoms with Crippen molar-refractivity contribution in [2.75, 3.05) is 12.3 Å². The Morgan fingerprint density at radius 3 is 2.39 bits per heavy atom. The number of hydrogen-bond acceptors (Lipinski definition) is 3. The van der Waals surface area contributed by atoms with Gasteiger partial charge in [-0.2, -0.15) is 0 Å². The Labute approximate surface area is 108 Å². The number of nitrogens with two attached hydrogens (primary N) is 1. The standard InChI is InChI=1S/C14H22FNO2/c1-9(2)5-6-17-14-8-13(18-10(3)4)11(15)7-12(14)16/h7-10H,5-6,16H2,1-4H3. The van der Waals surface area contributed by atoms with Crippen molar-refractivity contribution in [3.8, 4) is 11.5 Å². The van der Waals surface area contributed by atoms with Gasteiger partial charge >= 0.3 is 0 Å². The number of benzene rings is 1. The summed E-state index contributed by atoms with van der Waals surface area (Å²) >= 11 is 0. The molecule has 0 radical (unpaired) electrons. The molecule has 1 aromatic rings. The molecule has 0 bridgehead atoms. The van der Waals surface area contributed by atoms with Crippen molar-refractivity contribution in [2.45, 2.75) is 40.2 Å². The summed E-state index contributed by atoms with van der Waals surface area (Å²) in [7, 11) is 0. The molecule has 3 nitrogen and oxygen atoms in total. The van der Waals surface area contributed by atoms with Gasteiger partial charge in [0, 0.05) is 12.1 Å². The van der Waals surface area contributed by atoms with E-state index in [-0.39, 0.29) is 11.9 Å². The molecule has 1 aromatic carbocycles. The number of rotatable bonds is 6. The van der Waals surface area contributed by atoms with E-state index in [1.54, 1.807) is 0 Å². The number of ether oxygens (including phenoxy) is 2. The Bertz CT molecular complexity index is 392. The molecular weight excluding hydrogens is 233 g/mol. The van der Waals surface area contributed by atoms with E-state index in [0.29, 0.717) is 24.0 Å². The highest BCUT2D eigenvalue weighted by molar-refractivity contribution is 5.56. The highest BCUT2D eigenvalue weighted by Gasteiger charge is 2.11. The molecule has 0 saturated heterocycles. The molecule has 0 aliphatic carbocycles. The van der Waals surface area contributed by atoms with Gasteiger partial charge in [0.05, 0.1) is 18.4 Å². The summed E-state index contributed by atoms with van der Waals surface area (Å²) in [6.07, 6.45) is 0.837. The van der Waals surface area contributed by atoms with Crippen LogP contribution in [0.2, 0.25) is 0 Å². The van der Waals surface area contributed by atoms with Crippen molar-refractivity contribution in [1.29, 1.82) is 0 Å². The number of anilines is 1. The number of nitrogen functional groups attached to an aromatic ring is 1. The lowest BCUT2D eigenvalue weighted by atomic mass is 10.1. The van der Waals surface area contributed by atoms with Gasteiger partial charge in [-0.25, -0.2) is 4.39 Å². The summed E-state index contributed by atoms with van der Waals surface area (Å²) in [4.78, 5) is 0. The van der Waals surface area contributed by atoms with Gasteiger partial charge in [0.15, 0.2) is 11.6 Å². The van der Waals surface area contributed by atoms with Gasteiger partial charge in [0.1, 0.15) is 5.75 Å². The lowest BCUT2D eigenvalue weighted by Crippen LogP contribution is -2.09. The third-order valence-electron chi connectivity index (χ3n) is 2.38. The van der Waals surface area contributed by atoms with Crippen LogP contribution in [0.1, 0.15) is 34.1 Å². The minimum Gasteiger partial charge on any atom is -0.491 e. The van der Waals surface area contributed by atoms with E-state index in [9.17, 15) is 4.39 Å². The first-order valence-corrected chi connectivity index (χ1v) is 6.28. The quantitative estimate of drug-likeness (QED) is 0.790. The average Bonchev–Trinajstić information content (AvgIpc) is 2.23. The molecule has 0 fully saturated rings. The summed E-state index contributed by atoms with van der Waals surface area (Å²) in [6.45, 7) is 8.48. The van der Waals surface area contributed by atoms with E-state index in [2.05, 4.69) is 13.8 Å². The van der Waals surface area contributed by atoms with Gasteiger partial charge in [0.25, 0.3) is 0 Å². The molecular formula is C14H22FNO2. The molecule has 0 aliphatic heterocycles. The summed E-state index contributed by atoms with van der Waals surface area (Å²) in [6, 6.07) is 2.76. The Hall–Kier alpha value is -1.45. The summed E-state index contributed by atoms with van der Waals surface area (Å²) in [5.41, 5.74) is 6.02. The van der Waals surface area contributed by atoms with Gasteiger partial charge in [-0.05, 0) is 26.2 Å².